The lowest BCUT2D eigenvalue weighted by Crippen LogP contribution is -2.42. The molecule has 7 heteroatoms. The van der Waals surface area contributed by atoms with Crippen molar-refractivity contribution < 1.29 is 24.1 Å². The second-order valence-electron chi connectivity index (χ2n) is 7.69. The van der Waals surface area contributed by atoms with E-state index in [4.69, 9.17) is 14.2 Å². The minimum absolute atomic E-state index is 0.0533. The number of aliphatic hydroxyl groups is 1. The number of para-hydroxylation sites is 2. The number of aromatic nitrogens is 1. The van der Waals surface area contributed by atoms with Gasteiger partial charge in [-0.15, -0.1) is 0 Å². The van der Waals surface area contributed by atoms with Crippen LogP contribution >= 0.6 is 0 Å². The van der Waals surface area contributed by atoms with Crippen LogP contribution in [0.25, 0.3) is 0 Å². The SMILES string of the molecule is COc1cncc(C(=O)N2C[C@H]3C[C@@H](Oc4ccccc4OC)[C@H](O)C[C@H]3C2)c1. The summed E-state index contributed by atoms with van der Waals surface area (Å²) in [7, 11) is 3.16. The van der Waals surface area contributed by atoms with Crippen LogP contribution in [0.4, 0.5) is 0 Å². The first-order valence-electron chi connectivity index (χ1n) is 9.85. The minimum atomic E-state index is -0.574. The molecule has 2 aromatic rings. The predicted octanol–water partition coefficient (Wildman–Crippen LogP) is 2.39. The number of carbonyl (C=O) groups is 1. The molecule has 154 valence electrons. The van der Waals surface area contributed by atoms with Gasteiger partial charge in [-0.05, 0) is 42.9 Å². The number of carbonyl (C=O) groups excluding carboxylic acids is 1. The number of nitrogens with zero attached hydrogens (tertiary/aromatic N) is 2. The number of pyridine rings is 1. The van der Waals surface area contributed by atoms with Crippen LogP contribution < -0.4 is 14.2 Å². The Morgan fingerprint density at radius 3 is 2.52 bits per heavy atom. The fraction of sp³-hybridized carbons (Fsp3) is 0.455. The maximum atomic E-state index is 12.9. The molecule has 29 heavy (non-hydrogen) atoms. The van der Waals surface area contributed by atoms with Crippen LogP contribution in [0.2, 0.25) is 0 Å². The highest BCUT2D eigenvalue weighted by Gasteiger charge is 2.44. The molecule has 0 spiro atoms. The number of fused-ring (bicyclic) bond motifs is 1. The fourth-order valence-electron chi connectivity index (χ4n) is 4.39. The van der Waals surface area contributed by atoms with Gasteiger partial charge in [0, 0.05) is 19.3 Å². The molecule has 0 radical (unpaired) electrons. The molecule has 4 atom stereocenters. The Hall–Kier alpha value is -2.80. The maximum Gasteiger partial charge on any atom is 0.255 e. The number of hydrogen-bond acceptors (Lipinski definition) is 6. The lowest BCUT2D eigenvalue weighted by atomic mass is 9.78. The zero-order valence-corrected chi connectivity index (χ0v) is 16.7. The van der Waals surface area contributed by atoms with Gasteiger partial charge in [0.25, 0.3) is 5.91 Å². The lowest BCUT2D eigenvalue weighted by molar-refractivity contribution is -0.0240. The number of amides is 1. The third kappa shape index (κ3) is 4.00. The van der Waals surface area contributed by atoms with E-state index in [0.717, 1.165) is 0 Å². The Morgan fingerprint density at radius 1 is 1.07 bits per heavy atom. The van der Waals surface area contributed by atoms with Gasteiger partial charge in [-0.25, -0.2) is 0 Å². The molecule has 1 aromatic heterocycles. The first-order valence-corrected chi connectivity index (χ1v) is 9.85. The summed E-state index contributed by atoms with van der Waals surface area (Å²) in [5.41, 5.74) is 0.519. The molecule has 4 rings (SSSR count). The standard InChI is InChI=1S/C22H26N2O5/c1-27-17-7-14(10-23-11-17)22(26)24-12-15-8-18(25)21(9-16(15)13-24)29-20-6-4-3-5-19(20)28-2/h3-7,10-11,15-16,18,21,25H,8-9,12-13H2,1-2H3/t15-,16+,18+,21+/m0/s1. The van der Waals surface area contributed by atoms with Crippen LogP contribution in [0.15, 0.2) is 42.7 Å². The summed E-state index contributed by atoms with van der Waals surface area (Å²) < 4.78 is 16.6. The van der Waals surface area contributed by atoms with Crippen molar-refractivity contribution in [2.45, 2.75) is 25.0 Å². The summed E-state index contributed by atoms with van der Waals surface area (Å²) in [6.07, 6.45) is 3.57. The molecule has 1 aromatic carbocycles. The molecule has 1 amide bonds. The smallest absolute Gasteiger partial charge is 0.255 e. The third-order valence-electron chi connectivity index (χ3n) is 5.92. The van der Waals surface area contributed by atoms with Crippen molar-refractivity contribution in [3.05, 3.63) is 48.3 Å². The van der Waals surface area contributed by atoms with Crippen molar-refractivity contribution in [1.82, 2.24) is 9.88 Å². The number of rotatable bonds is 5. The highest BCUT2D eigenvalue weighted by Crippen LogP contribution is 2.39. The van der Waals surface area contributed by atoms with Crippen molar-refractivity contribution in [1.29, 1.82) is 0 Å². The average molecular weight is 398 g/mol. The highest BCUT2D eigenvalue weighted by molar-refractivity contribution is 5.94. The summed E-state index contributed by atoms with van der Waals surface area (Å²) in [5, 5.41) is 10.7. The molecule has 0 bridgehead atoms. The summed E-state index contributed by atoms with van der Waals surface area (Å²) >= 11 is 0. The molecule has 2 aliphatic rings. The quantitative estimate of drug-likeness (QED) is 0.833. The third-order valence-corrected chi connectivity index (χ3v) is 5.92. The first-order chi connectivity index (χ1) is 14.1. The number of methoxy groups -OCH3 is 2. The molecule has 1 aliphatic carbocycles. The van der Waals surface area contributed by atoms with E-state index in [0.29, 0.717) is 54.7 Å². The number of likely N-dealkylation sites (tertiary alicyclic amines) is 1. The summed E-state index contributed by atoms with van der Waals surface area (Å²) in [4.78, 5) is 18.8. The highest BCUT2D eigenvalue weighted by atomic mass is 16.5. The van der Waals surface area contributed by atoms with Crippen LogP contribution in [-0.2, 0) is 0 Å². The lowest BCUT2D eigenvalue weighted by Gasteiger charge is -2.35. The van der Waals surface area contributed by atoms with Crippen molar-refractivity contribution >= 4 is 5.91 Å². The summed E-state index contributed by atoms with van der Waals surface area (Å²) in [6.45, 7) is 1.29. The van der Waals surface area contributed by atoms with Crippen molar-refractivity contribution in [3.63, 3.8) is 0 Å². The molecular formula is C22H26N2O5. The van der Waals surface area contributed by atoms with Crippen molar-refractivity contribution in [2.75, 3.05) is 27.3 Å². The Kier molecular flexibility index (Phi) is 5.58. The maximum absolute atomic E-state index is 12.9. The van der Waals surface area contributed by atoms with E-state index in [1.54, 1.807) is 32.7 Å². The minimum Gasteiger partial charge on any atom is -0.495 e. The molecule has 1 N–H and O–H groups in total. The number of benzene rings is 1. The molecule has 2 heterocycles. The number of hydrogen-bond donors (Lipinski definition) is 1. The molecule has 0 unspecified atom stereocenters. The summed E-state index contributed by atoms with van der Waals surface area (Å²) in [5.74, 6) is 2.35. The van der Waals surface area contributed by atoms with Crippen LogP contribution in [0, 0.1) is 11.8 Å². The van der Waals surface area contributed by atoms with Crippen LogP contribution in [0.5, 0.6) is 17.2 Å². The first kappa shape index (κ1) is 19.5. The van der Waals surface area contributed by atoms with Gasteiger partial charge < -0.3 is 24.2 Å². The van der Waals surface area contributed by atoms with Crippen LogP contribution in [0.1, 0.15) is 23.2 Å². The van der Waals surface area contributed by atoms with Crippen LogP contribution in [0.3, 0.4) is 0 Å². The van der Waals surface area contributed by atoms with Gasteiger partial charge in [0.1, 0.15) is 11.9 Å². The Balaban J connectivity index is 1.44. The molecule has 1 saturated carbocycles. The zero-order valence-electron chi connectivity index (χ0n) is 16.7. The van der Waals surface area contributed by atoms with Gasteiger partial charge >= 0.3 is 0 Å². The van der Waals surface area contributed by atoms with E-state index in [1.165, 1.54) is 0 Å². The zero-order chi connectivity index (χ0) is 20.4. The van der Waals surface area contributed by atoms with Crippen molar-refractivity contribution in [2.24, 2.45) is 11.8 Å². The Labute approximate surface area is 170 Å². The topological polar surface area (TPSA) is 81.1 Å². The summed E-state index contributed by atoms with van der Waals surface area (Å²) in [6, 6.07) is 9.16. The normalized spacial score (nSPS) is 26.0. The van der Waals surface area contributed by atoms with Gasteiger partial charge in [0.15, 0.2) is 11.5 Å². The average Bonchev–Trinajstić information content (AvgIpc) is 3.16. The second-order valence-corrected chi connectivity index (χ2v) is 7.69. The predicted molar refractivity (Wildman–Crippen MR) is 106 cm³/mol. The van der Waals surface area contributed by atoms with E-state index in [-0.39, 0.29) is 17.9 Å². The van der Waals surface area contributed by atoms with E-state index in [2.05, 4.69) is 4.98 Å². The Morgan fingerprint density at radius 2 is 1.79 bits per heavy atom. The largest absolute Gasteiger partial charge is 0.495 e. The molecule has 1 aliphatic heterocycles. The van der Waals surface area contributed by atoms with E-state index < -0.39 is 6.10 Å². The van der Waals surface area contributed by atoms with Crippen molar-refractivity contribution in [3.8, 4) is 17.2 Å². The van der Waals surface area contributed by atoms with Gasteiger partial charge in [0.05, 0.1) is 32.1 Å². The van der Waals surface area contributed by atoms with E-state index in [9.17, 15) is 9.90 Å². The number of aliphatic hydroxyl groups excluding tert-OH is 1. The van der Waals surface area contributed by atoms with Gasteiger partial charge in [-0.3, -0.25) is 9.78 Å². The van der Waals surface area contributed by atoms with E-state index >= 15 is 0 Å². The Bertz CT molecular complexity index is 874. The molecular weight excluding hydrogens is 372 g/mol. The second kappa shape index (κ2) is 8.29. The fourth-order valence-corrected chi connectivity index (χ4v) is 4.39. The molecule has 2 fully saturated rings. The molecule has 1 saturated heterocycles. The van der Waals surface area contributed by atoms with Crippen LogP contribution in [-0.4, -0.2) is 60.4 Å². The van der Waals surface area contributed by atoms with Gasteiger partial charge in [-0.1, -0.05) is 12.1 Å². The van der Waals surface area contributed by atoms with Gasteiger partial charge in [0.2, 0.25) is 0 Å². The van der Waals surface area contributed by atoms with E-state index in [1.807, 2.05) is 29.2 Å². The number of ether oxygens (including phenoxy) is 3. The monoisotopic (exact) mass is 398 g/mol. The van der Waals surface area contributed by atoms with Gasteiger partial charge in [-0.2, -0.15) is 0 Å². The molecule has 7 nitrogen and oxygen atoms in total.